The molecular formula is C11H17NO4. The largest absolute Gasteiger partial charge is 0.465 e. The number of rotatable bonds is 7. The third-order valence-electron chi connectivity index (χ3n) is 1.63. The van der Waals surface area contributed by atoms with Gasteiger partial charge in [0.15, 0.2) is 0 Å². The zero-order chi connectivity index (χ0) is 12.4. The maximum atomic E-state index is 11.2. The van der Waals surface area contributed by atoms with Crippen molar-refractivity contribution in [2.45, 2.75) is 13.8 Å². The summed E-state index contributed by atoms with van der Waals surface area (Å²) in [5.74, 6) is 1.57. The van der Waals surface area contributed by atoms with Crippen LogP contribution in [0, 0.1) is 12.3 Å². The topological polar surface area (TPSA) is 55.8 Å². The molecule has 90 valence electrons. The van der Waals surface area contributed by atoms with Crippen LogP contribution >= 0.6 is 0 Å². The molecule has 5 nitrogen and oxygen atoms in total. The van der Waals surface area contributed by atoms with E-state index in [1.807, 2.05) is 0 Å². The van der Waals surface area contributed by atoms with Crippen LogP contribution in [0.25, 0.3) is 0 Å². The van der Waals surface area contributed by atoms with Gasteiger partial charge in [-0.15, -0.1) is 6.42 Å². The molecule has 16 heavy (non-hydrogen) atoms. The maximum Gasteiger partial charge on any atom is 0.320 e. The third-order valence-corrected chi connectivity index (χ3v) is 1.63. The van der Waals surface area contributed by atoms with E-state index in [1.165, 1.54) is 4.90 Å². The first-order valence-corrected chi connectivity index (χ1v) is 5.11. The Morgan fingerprint density at radius 2 is 1.56 bits per heavy atom. The lowest BCUT2D eigenvalue weighted by molar-refractivity contribution is -0.147. The van der Waals surface area contributed by atoms with Gasteiger partial charge in [-0.05, 0) is 13.8 Å². The summed E-state index contributed by atoms with van der Waals surface area (Å²) in [6, 6.07) is 0. The molecule has 0 atom stereocenters. The summed E-state index contributed by atoms with van der Waals surface area (Å²) >= 11 is 0. The molecule has 0 aromatic heterocycles. The summed E-state index contributed by atoms with van der Waals surface area (Å²) in [6.07, 6.45) is 5.13. The highest BCUT2D eigenvalue weighted by molar-refractivity contribution is 5.75. The fraction of sp³-hybridized carbons (Fsp3) is 0.636. The monoisotopic (exact) mass is 227 g/mol. The molecule has 0 aromatic carbocycles. The van der Waals surface area contributed by atoms with Crippen molar-refractivity contribution in [3.8, 4) is 12.3 Å². The minimum atomic E-state index is -0.401. The summed E-state index contributed by atoms with van der Waals surface area (Å²) in [5, 5.41) is 0. The molecule has 0 amide bonds. The third kappa shape index (κ3) is 6.85. The Balaban J connectivity index is 4.11. The van der Waals surface area contributed by atoms with Gasteiger partial charge in [-0.1, -0.05) is 5.92 Å². The fourth-order valence-electron chi connectivity index (χ4n) is 1.08. The molecule has 0 rings (SSSR count). The molecule has 0 fully saturated rings. The highest BCUT2D eigenvalue weighted by atomic mass is 16.5. The Kier molecular flexibility index (Phi) is 7.90. The molecule has 0 bridgehead atoms. The van der Waals surface area contributed by atoms with Crippen molar-refractivity contribution in [3.05, 3.63) is 0 Å². The molecule has 0 heterocycles. The summed E-state index contributed by atoms with van der Waals surface area (Å²) in [4.78, 5) is 23.9. The number of ether oxygens (including phenoxy) is 2. The maximum absolute atomic E-state index is 11.2. The van der Waals surface area contributed by atoms with Gasteiger partial charge in [-0.2, -0.15) is 0 Å². The first-order chi connectivity index (χ1) is 7.63. The SMILES string of the molecule is C#CCN(CC(=O)OCC)CC(=O)OCC. The number of nitrogens with zero attached hydrogens (tertiary/aromatic N) is 1. The molecule has 0 N–H and O–H groups in total. The van der Waals surface area contributed by atoms with E-state index in [0.717, 1.165) is 0 Å². The molecule has 5 heteroatoms. The van der Waals surface area contributed by atoms with Crippen molar-refractivity contribution in [2.75, 3.05) is 32.8 Å². The molecule has 0 saturated heterocycles. The van der Waals surface area contributed by atoms with E-state index in [1.54, 1.807) is 13.8 Å². The lowest BCUT2D eigenvalue weighted by atomic mass is 10.4. The molecule has 0 aliphatic rings. The van der Waals surface area contributed by atoms with Crippen molar-refractivity contribution in [1.29, 1.82) is 0 Å². The number of esters is 2. The Labute approximate surface area is 95.7 Å². The number of hydrogen-bond donors (Lipinski definition) is 0. The van der Waals surface area contributed by atoms with Gasteiger partial charge >= 0.3 is 11.9 Å². The van der Waals surface area contributed by atoms with Crippen LogP contribution in [0.15, 0.2) is 0 Å². The van der Waals surface area contributed by atoms with Crippen LogP contribution in [0.3, 0.4) is 0 Å². The zero-order valence-electron chi connectivity index (χ0n) is 9.69. The lowest BCUT2D eigenvalue weighted by Gasteiger charge is -2.17. The second kappa shape index (κ2) is 8.74. The van der Waals surface area contributed by atoms with Gasteiger partial charge in [0.25, 0.3) is 0 Å². The number of carbonyl (C=O) groups excluding carboxylic acids is 2. The van der Waals surface area contributed by atoms with Crippen LogP contribution in [0.5, 0.6) is 0 Å². The van der Waals surface area contributed by atoms with Crippen molar-refractivity contribution in [3.63, 3.8) is 0 Å². The minimum Gasteiger partial charge on any atom is -0.465 e. The van der Waals surface area contributed by atoms with E-state index in [4.69, 9.17) is 15.9 Å². The van der Waals surface area contributed by atoms with Gasteiger partial charge in [0.2, 0.25) is 0 Å². The van der Waals surface area contributed by atoms with Crippen LogP contribution in [0.1, 0.15) is 13.8 Å². The standard InChI is InChI=1S/C11H17NO4/c1-4-7-12(8-10(13)15-5-2)9-11(14)16-6-3/h1H,5-9H2,2-3H3. The summed E-state index contributed by atoms with van der Waals surface area (Å²) in [6.45, 7) is 4.25. The van der Waals surface area contributed by atoms with E-state index in [2.05, 4.69) is 5.92 Å². The Morgan fingerprint density at radius 1 is 1.12 bits per heavy atom. The number of terminal acetylenes is 1. The highest BCUT2D eigenvalue weighted by Gasteiger charge is 2.14. The molecule has 0 radical (unpaired) electrons. The molecule has 0 aromatic rings. The summed E-state index contributed by atoms with van der Waals surface area (Å²) < 4.78 is 9.52. The van der Waals surface area contributed by atoms with Crippen LogP contribution in [0.2, 0.25) is 0 Å². The lowest BCUT2D eigenvalue weighted by Crippen LogP contribution is -2.36. The molecule has 0 aliphatic carbocycles. The highest BCUT2D eigenvalue weighted by Crippen LogP contribution is 1.92. The van der Waals surface area contributed by atoms with Crippen molar-refractivity contribution in [2.24, 2.45) is 0 Å². The summed E-state index contributed by atoms with van der Waals surface area (Å²) in [5.41, 5.74) is 0. The van der Waals surface area contributed by atoms with Gasteiger partial charge in [-0.3, -0.25) is 14.5 Å². The van der Waals surface area contributed by atoms with Crippen LogP contribution in [0.4, 0.5) is 0 Å². The smallest absolute Gasteiger partial charge is 0.320 e. The fourth-order valence-corrected chi connectivity index (χ4v) is 1.08. The predicted octanol–water partition coefficient (Wildman–Crippen LogP) is 0.0478. The number of hydrogen-bond acceptors (Lipinski definition) is 5. The first-order valence-electron chi connectivity index (χ1n) is 5.11. The predicted molar refractivity (Wildman–Crippen MR) is 58.5 cm³/mol. The average molecular weight is 227 g/mol. The van der Waals surface area contributed by atoms with Crippen LogP contribution in [-0.2, 0) is 19.1 Å². The normalized spacial score (nSPS) is 9.62. The van der Waals surface area contributed by atoms with Crippen molar-refractivity contribution < 1.29 is 19.1 Å². The van der Waals surface area contributed by atoms with Gasteiger partial charge in [0.05, 0.1) is 32.8 Å². The second-order valence-corrected chi connectivity index (χ2v) is 2.96. The quantitative estimate of drug-likeness (QED) is 0.454. The van der Waals surface area contributed by atoms with E-state index in [0.29, 0.717) is 13.2 Å². The van der Waals surface area contributed by atoms with Crippen LogP contribution < -0.4 is 0 Å². The zero-order valence-corrected chi connectivity index (χ0v) is 9.69. The number of carbonyl (C=O) groups is 2. The molecule has 0 saturated carbocycles. The van der Waals surface area contributed by atoms with Gasteiger partial charge in [0, 0.05) is 0 Å². The summed E-state index contributed by atoms with van der Waals surface area (Å²) in [7, 11) is 0. The van der Waals surface area contributed by atoms with Crippen molar-refractivity contribution >= 4 is 11.9 Å². The van der Waals surface area contributed by atoms with E-state index in [9.17, 15) is 9.59 Å². The van der Waals surface area contributed by atoms with E-state index in [-0.39, 0.29) is 19.6 Å². The van der Waals surface area contributed by atoms with Crippen LogP contribution in [-0.4, -0.2) is 49.7 Å². The Morgan fingerprint density at radius 3 is 1.88 bits per heavy atom. The van der Waals surface area contributed by atoms with Gasteiger partial charge in [0.1, 0.15) is 0 Å². The second-order valence-electron chi connectivity index (χ2n) is 2.96. The van der Waals surface area contributed by atoms with Gasteiger partial charge in [-0.25, -0.2) is 0 Å². The van der Waals surface area contributed by atoms with Gasteiger partial charge < -0.3 is 9.47 Å². The Hall–Kier alpha value is -1.54. The van der Waals surface area contributed by atoms with Crippen molar-refractivity contribution in [1.82, 2.24) is 4.90 Å². The first kappa shape index (κ1) is 14.5. The van der Waals surface area contributed by atoms with E-state index >= 15 is 0 Å². The molecule has 0 unspecified atom stereocenters. The van der Waals surface area contributed by atoms with E-state index < -0.39 is 11.9 Å². The molecule has 0 aliphatic heterocycles. The molecular weight excluding hydrogens is 210 g/mol. The average Bonchev–Trinajstić information content (AvgIpc) is 2.18. The Bertz CT molecular complexity index is 250. The molecule has 0 spiro atoms. The minimum absolute atomic E-state index is 0.00312.